The van der Waals surface area contributed by atoms with Crippen LogP contribution in [0.5, 0.6) is 0 Å². The zero-order valence-electron chi connectivity index (χ0n) is 7.04. The summed E-state index contributed by atoms with van der Waals surface area (Å²) in [4.78, 5) is 23.0. The van der Waals surface area contributed by atoms with E-state index in [1.807, 2.05) is 0 Å². The fourth-order valence-electron chi connectivity index (χ4n) is 0.854. The molecule has 14 heavy (non-hydrogen) atoms. The summed E-state index contributed by atoms with van der Waals surface area (Å²) in [7, 11) is 0. The highest BCUT2D eigenvalue weighted by Gasteiger charge is 2.08. The maximum atomic E-state index is 11.4. The van der Waals surface area contributed by atoms with Gasteiger partial charge < -0.3 is 0 Å². The van der Waals surface area contributed by atoms with Gasteiger partial charge in [0.15, 0.2) is 5.01 Å². The summed E-state index contributed by atoms with van der Waals surface area (Å²) in [6, 6.07) is 1.68. The van der Waals surface area contributed by atoms with Crippen molar-refractivity contribution in [3.63, 3.8) is 0 Å². The van der Waals surface area contributed by atoms with Gasteiger partial charge in [-0.1, -0.05) is 0 Å². The van der Waals surface area contributed by atoms with Gasteiger partial charge in [0.1, 0.15) is 0 Å². The minimum atomic E-state index is -0.286. The summed E-state index contributed by atoms with van der Waals surface area (Å²) >= 11 is 1.27. The third kappa shape index (κ3) is 1.91. The number of thiazole rings is 1. The van der Waals surface area contributed by atoms with Crippen molar-refractivity contribution in [2.45, 2.75) is 0 Å². The van der Waals surface area contributed by atoms with Crippen molar-refractivity contribution in [2.75, 3.05) is 5.32 Å². The minimum absolute atomic E-state index is 0.285. The maximum absolute atomic E-state index is 11.4. The summed E-state index contributed by atoms with van der Waals surface area (Å²) in [5.74, 6) is -0.00102. The molecule has 0 unspecified atom stereocenters. The summed E-state index contributed by atoms with van der Waals surface area (Å²) < 4.78 is 0. The molecule has 0 aromatic carbocycles. The second kappa shape index (κ2) is 3.93. The third-order valence-electron chi connectivity index (χ3n) is 1.42. The van der Waals surface area contributed by atoms with Crippen molar-refractivity contribution >= 4 is 23.2 Å². The second-order valence-corrected chi connectivity index (χ2v) is 3.26. The lowest BCUT2D eigenvalue weighted by molar-refractivity contribution is 0.102. The molecule has 2 aromatic rings. The smallest absolute Gasteiger partial charge is 0.286 e. The Balaban J connectivity index is 2.10. The molecule has 0 atom stereocenters. The van der Waals surface area contributed by atoms with Gasteiger partial charge in [-0.05, 0) is 6.07 Å². The number of nitrogens with one attached hydrogen (secondary N) is 1. The van der Waals surface area contributed by atoms with Gasteiger partial charge in [-0.15, -0.1) is 11.3 Å². The predicted octanol–water partition coefficient (Wildman–Crippen LogP) is 1.19. The van der Waals surface area contributed by atoms with E-state index in [0.29, 0.717) is 5.01 Å². The molecule has 6 heteroatoms. The Labute approximate surface area is 83.9 Å². The van der Waals surface area contributed by atoms with Crippen LogP contribution in [-0.2, 0) is 0 Å². The molecule has 0 saturated carbocycles. The van der Waals surface area contributed by atoms with E-state index in [1.165, 1.54) is 11.3 Å². The first-order valence-corrected chi connectivity index (χ1v) is 4.72. The van der Waals surface area contributed by atoms with Crippen LogP contribution in [-0.4, -0.2) is 20.9 Å². The lowest BCUT2D eigenvalue weighted by Gasteiger charge is -1.98. The molecule has 1 N–H and O–H groups in total. The summed E-state index contributed by atoms with van der Waals surface area (Å²) in [5.41, 5.74) is 0. The Morgan fingerprint density at radius 3 is 2.64 bits per heavy atom. The summed E-state index contributed by atoms with van der Waals surface area (Å²) in [5, 5.41) is 4.67. The first-order valence-electron chi connectivity index (χ1n) is 3.84. The molecule has 0 bridgehead atoms. The van der Waals surface area contributed by atoms with Crippen LogP contribution in [0.15, 0.2) is 30.0 Å². The zero-order valence-corrected chi connectivity index (χ0v) is 7.86. The molecule has 0 spiro atoms. The summed E-state index contributed by atoms with van der Waals surface area (Å²) in [6.07, 6.45) is 4.69. The number of hydrogen-bond donors (Lipinski definition) is 1. The first kappa shape index (κ1) is 8.76. The van der Waals surface area contributed by atoms with Gasteiger partial charge in [0.05, 0.1) is 0 Å². The zero-order chi connectivity index (χ0) is 9.80. The van der Waals surface area contributed by atoms with Gasteiger partial charge in [0, 0.05) is 24.0 Å². The van der Waals surface area contributed by atoms with Gasteiger partial charge >= 0.3 is 0 Å². The van der Waals surface area contributed by atoms with Gasteiger partial charge in [0.25, 0.3) is 5.91 Å². The highest BCUT2D eigenvalue weighted by Crippen LogP contribution is 2.06. The van der Waals surface area contributed by atoms with Crippen LogP contribution in [0.25, 0.3) is 0 Å². The molecule has 0 saturated heterocycles. The summed E-state index contributed by atoms with van der Waals surface area (Å²) in [6.45, 7) is 0. The van der Waals surface area contributed by atoms with Crippen LogP contribution < -0.4 is 5.32 Å². The molecule has 2 rings (SSSR count). The molecule has 0 aliphatic carbocycles. The van der Waals surface area contributed by atoms with E-state index in [1.54, 1.807) is 30.0 Å². The van der Waals surface area contributed by atoms with E-state index in [-0.39, 0.29) is 11.9 Å². The average molecular weight is 206 g/mol. The fourth-order valence-corrected chi connectivity index (χ4v) is 1.38. The Hall–Kier alpha value is -1.82. The highest BCUT2D eigenvalue weighted by atomic mass is 32.1. The molecule has 0 aliphatic rings. The van der Waals surface area contributed by atoms with Crippen LogP contribution in [0.4, 0.5) is 5.95 Å². The van der Waals surface area contributed by atoms with Crippen molar-refractivity contribution in [3.05, 3.63) is 35.0 Å². The number of carbonyl (C=O) groups excluding carboxylic acids is 1. The van der Waals surface area contributed by atoms with Gasteiger partial charge in [-0.3, -0.25) is 10.1 Å². The SMILES string of the molecule is O=C(Nc1ncccn1)c1nccs1. The number of carbonyl (C=O) groups is 1. The van der Waals surface area contributed by atoms with Crippen molar-refractivity contribution in [1.29, 1.82) is 0 Å². The van der Waals surface area contributed by atoms with Gasteiger partial charge in [-0.25, -0.2) is 15.0 Å². The van der Waals surface area contributed by atoms with Crippen molar-refractivity contribution < 1.29 is 4.79 Å². The topological polar surface area (TPSA) is 67.8 Å². The highest BCUT2D eigenvalue weighted by molar-refractivity contribution is 7.11. The van der Waals surface area contributed by atoms with Crippen LogP contribution in [0.2, 0.25) is 0 Å². The molecule has 1 amide bonds. The van der Waals surface area contributed by atoms with Crippen LogP contribution in [0, 0.1) is 0 Å². The van der Waals surface area contributed by atoms with E-state index in [0.717, 1.165) is 0 Å². The standard InChI is InChI=1S/C8H6N4OS/c13-6(7-9-4-5-14-7)12-8-10-2-1-3-11-8/h1-5H,(H,10,11,12,13). The largest absolute Gasteiger partial charge is 0.288 e. The lowest BCUT2D eigenvalue weighted by atomic mass is 10.6. The Morgan fingerprint density at radius 2 is 2.00 bits per heavy atom. The number of amides is 1. The number of aromatic nitrogens is 3. The normalized spacial score (nSPS) is 9.71. The quantitative estimate of drug-likeness (QED) is 0.801. The molecule has 0 radical (unpaired) electrons. The second-order valence-electron chi connectivity index (χ2n) is 2.36. The molecule has 2 heterocycles. The third-order valence-corrected chi connectivity index (χ3v) is 2.19. The monoisotopic (exact) mass is 206 g/mol. The van der Waals surface area contributed by atoms with Crippen LogP contribution in [0.3, 0.4) is 0 Å². The number of nitrogens with zero attached hydrogens (tertiary/aromatic N) is 3. The molecule has 5 nitrogen and oxygen atoms in total. The molecule has 2 aromatic heterocycles. The van der Waals surface area contributed by atoms with Crippen molar-refractivity contribution in [2.24, 2.45) is 0 Å². The number of rotatable bonds is 2. The number of anilines is 1. The molecule has 0 fully saturated rings. The van der Waals surface area contributed by atoms with Gasteiger partial charge in [-0.2, -0.15) is 0 Å². The van der Waals surface area contributed by atoms with Crippen LogP contribution in [0.1, 0.15) is 9.80 Å². The maximum Gasteiger partial charge on any atom is 0.286 e. The molecular formula is C8H6N4OS. The van der Waals surface area contributed by atoms with E-state index < -0.39 is 0 Å². The first-order chi connectivity index (χ1) is 6.86. The van der Waals surface area contributed by atoms with Crippen molar-refractivity contribution in [3.8, 4) is 0 Å². The Kier molecular flexibility index (Phi) is 2.46. The Morgan fingerprint density at radius 1 is 1.21 bits per heavy atom. The number of hydrogen-bond acceptors (Lipinski definition) is 5. The molecule has 70 valence electrons. The molecule has 0 aliphatic heterocycles. The van der Waals surface area contributed by atoms with E-state index in [2.05, 4.69) is 20.3 Å². The Bertz CT molecular complexity index is 414. The average Bonchev–Trinajstić information content (AvgIpc) is 2.72. The predicted molar refractivity (Wildman–Crippen MR) is 52.1 cm³/mol. The molecular weight excluding hydrogens is 200 g/mol. The van der Waals surface area contributed by atoms with E-state index in [4.69, 9.17) is 0 Å². The minimum Gasteiger partial charge on any atom is -0.288 e. The lowest BCUT2D eigenvalue weighted by Crippen LogP contribution is -2.13. The van der Waals surface area contributed by atoms with Gasteiger partial charge in [0.2, 0.25) is 5.95 Å². The van der Waals surface area contributed by atoms with Crippen molar-refractivity contribution in [1.82, 2.24) is 15.0 Å². The van der Waals surface area contributed by atoms with E-state index in [9.17, 15) is 4.79 Å². The van der Waals surface area contributed by atoms with Crippen LogP contribution >= 0.6 is 11.3 Å². The fraction of sp³-hybridized carbons (Fsp3) is 0. The van der Waals surface area contributed by atoms with E-state index >= 15 is 0 Å².